The lowest BCUT2D eigenvalue weighted by Gasteiger charge is -2.25. The monoisotopic (exact) mass is 173 g/mol. The van der Waals surface area contributed by atoms with Gasteiger partial charge in [-0.15, -0.1) is 0 Å². The van der Waals surface area contributed by atoms with Gasteiger partial charge >= 0.3 is 0 Å². The summed E-state index contributed by atoms with van der Waals surface area (Å²) in [4.78, 5) is 0. The van der Waals surface area contributed by atoms with Crippen molar-refractivity contribution in [3.05, 3.63) is 0 Å². The van der Waals surface area contributed by atoms with Crippen molar-refractivity contribution in [1.29, 1.82) is 0 Å². The van der Waals surface area contributed by atoms with Gasteiger partial charge in [-0.05, 0) is 44.6 Å². The molecule has 1 nitrogen and oxygen atoms in total. The van der Waals surface area contributed by atoms with Crippen LogP contribution in [0.5, 0.6) is 0 Å². The standard InChI is InChI=1S/C9H19N.H4Si/c1-9(2,3)10-8-6-4-5-7-8;/h8,10H,4-7H2,1-3H3;1H4. The highest BCUT2D eigenvalue weighted by molar-refractivity contribution is 5.75. The van der Waals surface area contributed by atoms with Crippen molar-refractivity contribution >= 4 is 11.0 Å². The van der Waals surface area contributed by atoms with Crippen LogP contribution in [-0.2, 0) is 0 Å². The first-order valence-electron chi connectivity index (χ1n) is 4.36. The fraction of sp³-hybridized carbons (Fsp3) is 1.00. The molecule has 0 spiro atoms. The molecule has 1 fully saturated rings. The molecule has 0 radical (unpaired) electrons. The lowest BCUT2D eigenvalue weighted by molar-refractivity contribution is 0.361. The molecule has 68 valence electrons. The molecule has 11 heavy (non-hydrogen) atoms. The smallest absolute Gasteiger partial charge is 0.00990 e. The summed E-state index contributed by atoms with van der Waals surface area (Å²) in [5.41, 5.74) is 0.314. The van der Waals surface area contributed by atoms with Crippen molar-refractivity contribution in [3.63, 3.8) is 0 Å². The van der Waals surface area contributed by atoms with Gasteiger partial charge in [-0.1, -0.05) is 12.8 Å². The second kappa shape index (κ2) is 4.26. The molecule has 2 heteroatoms. The zero-order valence-corrected chi connectivity index (χ0v) is 7.41. The Kier molecular flexibility index (Phi) is 4.33. The van der Waals surface area contributed by atoms with Crippen LogP contribution < -0.4 is 5.32 Å². The molecule has 0 atom stereocenters. The summed E-state index contributed by atoms with van der Waals surface area (Å²) >= 11 is 0. The highest BCUT2D eigenvalue weighted by atomic mass is 28.1. The molecule has 1 N–H and O–H groups in total. The molecule has 1 rings (SSSR count). The van der Waals surface area contributed by atoms with E-state index in [0.29, 0.717) is 5.54 Å². The maximum atomic E-state index is 3.62. The predicted molar refractivity (Wildman–Crippen MR) is 56.5 cm³/mol. The van der Waals surface area contributed by atoms with Crippen LogP contribution in [0, 0.1) is 0 Å². The lowest BCUT2D eigenvalue weighted by atomic mass is 10.1. The van der Waals surface area contributed by atoms with Gasteiger partial charge in [-0.2, -0.15) is 0 Å². The van der Waals surface area contributed by atoms with Gasteiger partial charge in [0, 0.05) is 11.6 Å². The highest BCUT2D eigenvalue weighted by Crippen LogP contribution is 2.19. The quantitative estimate of drug-likeness (QED) is 0.580. The molecule has 0 saturated heterocycles. The highest BCUT2D eigenvalue weighted by Gasteiger charge is 2.19. The van der Waals surface area contributed by atoms with Crippen molar-refractivity contribution in [2.24, 2.45) is 0 Å². The number of hydrogen-bond donors (Lipinski definition) is 1. The van der Waals surface area contributed by atoms with E-state index in [1.54, 1.807) is 0 Å². The molecule has 0 heterocycles. The summed E-state index contributed by atoms with van der Waals surface area (Å²) in [6, 6.07) is 0.806. The normalized spacial score (nSPS) is 19.9. The summed E-state index contributed by atoms with van der Waals surface area (Å²) in [5.74, 6) is 0. The average Bonchev–Trinajstić information content (AvgIpc) is 2.12. The first-order chi connectivity index (χ1) is 4.58. The number of hydrogen-bond acceptors (Lipinski definition) is 1. The van der Waals surface area contributed by atoms with E-state index in [0.717, 1.165) is 6.04 Å². The Hall–Kier alpha value is 0.177. The van der Waals surface area contributed by atoms with Crippen LogP contribution >= 0.6 is 0 Å². The zero-order chi connectivity index (χ0) is 7.61. The van der Waals surface area contributed by atoms with E-state index < -0.39 is 0 Å². The third-order valence-electron chi connectivity index (χ3n) is 1.99. The summed E-state index contributed by atoms with van der Waals surface area (Å²) in [5, 5.41) is 3.62. The largest absolute Gasteiger partial charge is 0.309 e. The molecule has 0 unspecified atom stereocenters. The third-order valence-corrected chi connectivity index (χ3v) is 1.99. The van der Waals surface area contributed by atoms with Crippen molar-refractivity contribution in [1.82, 2.24) is 5.32 Å². The van der Waals surface area contributed by atoms with Gasteiger partial charge in [0.15, 0.2) is 0 Å². The van der Waals surface area contributed by atoms with Crippen LogP contribution in [0.1, 0.15) is 46.5 Å². The summed E-state index contributed by atoms with van der Waals surface area (Å²) < 4.78 is 0. The van der Waals surface area contributed by atoms with Crippen LogP contribution in [0.3, 0.4) is 0 Å². The number of rotatable bonds is 1. The fourth-order valence-electron chi connectivity index (χ4n) is 1.68. The maximum Gasteiger partial charge on any atom is 0.00990 e. The first-order valence-corrected chi connectivity index (χ1v) is 4.36. The van der Waals surface area contributed by atoms with E-state index in [-0.39, 0.29) is 11.0 Å². The summed E-state index contributed by atoms with van der Waals surface area (Å²) in [7, 11) is 0. The molecule has 0 aliphatic heterocycles. The Bertz CT molecular complexity index is 101. The van der Waals surface area contributed by atoms with E-state index in [2.05, 4.69) is 26.1 Å². The van der Waals surface area contributed by atoms with E-state index in [1.165, 1.54) is 25.7 Å². The molecular weight excluding hydrogens is 150 g/mol. The molecule has 1 saturated carbocycles. The minimum Gasteiger partial charge on any atom is -0.309 e. The van der Waals surface area contributed by atoms with Crippen LogP contribution in [0.15, 0.2) is 0 Å². The predicted octanol–water partition coefficient (Wildman–Crippen LogP) is 0.865. The fourth-order valence-corrected chi connectivity index (χ4v) is 1.68. The van der Waals surface area contributed by atoms with Gasteiger partial charge < -0.3 is 5.32 Å². The summed E-state index contributed by atoms with van der Waals surface area (Å²) in [6.07, 6.45) is 5.62. The molecule has 0 aromatic rings. The van der Waals surface area contributed by atoms with E-state index in [1.807, 2.05) is 0 Å². The average molecular weight is 173 g/mol. The Morgan fingerprint density at radius 1 is 1.09 bits per heavy atom. The second-order valence-electron chi connectivity index (χ2n) is 4.38. The SMILES string of the molecule is CC(C)(C)NC1CCCC1.[SiH4]. The van der Waals surface area contributed by atoms with Gasteiger partial charge in [0.05, 0.1) is 0 Å². The summed E-state index contributed by atoms with van der Waals surface area (Å²) in [6.45, 7) is 6.72. The molecular formula is C9H23NSi. The van der Waals surface area contributed by atoms with Crippen molar-refractivity contribution < 1.29 is 0 Å². The van der Waals surface area contributed by atoms with Gasteiger partial charge in [0.25, 0.3) is 0 Å². The van der Waals surface area contributed by atoms with Crippen molar-refractivity contribution in [3.8, 4) is 0 Å². The van der Waals surface area contributed by atoms with Crippen LogP contribution in [0.4, 0.5) is 0 Å². The molecule has 1 aliphatic carbocycles. The van der Waals surface area contributed by atoms with Gasteiger partial charge in [-0.25, -0.2) is 0 Å². The Balaban J connectivity index is 0.000001000. The maximum absolute atomic E-state index is 3.62. The molecule has 0 aromatic carbocycles. The zero-order valence-electron chi connectivity index (χ0n) is 7.41. The minimum absolute atomic E-state index is 0. The Morgan fingerprint density at radius 2 is 1.55 bits per heavy atom. The van der Waals surface area contributed by atoms with E-state index in [4.69, 9.17) is 0 Å². The molecule has 0 amide bonds. The Labute approximate surface area is 75.0 Å². The third kappa shape index (κ3) is 4.59. The Morgan fingerprint density at radius 3 is 1.91 bits per heavy atom. The van der Waals surface area contributed by atoms with Crippen LogP contribution in [-0.4, -0.2) is 22.5 Å². The lowest BCUT2D eigenvalue weighted by Crippen LogP contribution is -2.42. The second-order valence-corrected chi connectivity index (χ2v) is 4.38. The number of nitrogens with one attached hydrogen (secondary N) is 1. The van der Waals surface area contributed by atoms with Crippen LogP contribution in [0.25, 0.3) is 0 Å². The van der Waals surface area contributed by atoms with E-state index in [9.17, 15) is 0 Å². The van der Waals surface area contributed by atoms with Crippen molar-refractivity contribution in [2.75, 3.05) is 0 Å². The topological polar surface area (TPSA) is 12.0 Å². The van der Waals surface area contributed by atoms with Gasteiger partial charge in [-0.3, -0.25) is 0 Å². The van der Waals surface area contributed by atoms with Crippen molar-refractivity contribution in [2.45, 2.75) is 58.0 Å². The first kappa shape index (κ1) is 11.2. The molecule has 0 bridgehead atoms. The minimum atomic E-state index is 0. The van der Waals surface area contributed by atoms with Gasteiger partial charge in [0.2, 0.25) is 0 Å². The molecule has 1 aliphatic rings. The van der Waals surface area contributed by atoms with Gasteiger partial charge in [0.1, 0.15) is 0 Å². The van der Waals surface area contributed by atoms with Crippen LogP contribution in [0.2, 0.25) is 0 Å². The molecule has 0 aromatic heterocycles. The van der Waals surface area contributed by atoms with E-state index >= 15 is 0 Å².